The van der Waals surface area contributed by atoms with E-state index in [-0.39, 0.29) is 27.3 Å². The number of nitrogens with one attached hydrogen (secondary N) is 2. The molecule has 0 fully saturated rings. The number of amides is 1. The maximum absolute atomic E-state index is 12.9. The predicted molar refractivity (Wildman–Crippen MR) is 116 cm³/mol. The molecule has 0 radical (unpaired) electrons. The molecule has 3 rings (SSSR count). The van der Waals surface area contributed by atoms with Crippen LogP contribution in [0.5, 0.6) is 0 Å². The van der Waals surface area contributed by atoms with Gasteiger partial charge >= 0.3 is 0 Å². The molecule has 2 heterocycles. The van der Waals surface area contributed by atoms with Gasteiger partial charge < -0.3 is 14.9 Å². The standard InChI is InChI=1S/C19H20ClN3O5S2/c1-10-8-13(4-6-24)9-11(2)16(10)21-18(25)17-14(5-7-29-17)30(26,27)23-19-15(20)12(3)22-28-19/h5,7-9,23-24H,4,6H2,1-3H3,(H,21,25). The molecule has 3 N–H and O–H groups in total. The Kier molecular flexibility index (Phi) is 6.51. The monoisotopic (exact) mass is 469 g/mol. The van der Waals surface area contributed by atoms with Crippen molar-refractivity contribution in [3.63, 3.8) is 0 Å². The summed E-state index contributed by atoms with van der Waals surface area (Å²) in [6.45, 7) is 5.28. The summed E-state index contributed by atoms with van der Waals surface area (Å²) in [6, 6.07) is 5.09. The summed E-state index contributed by atoms with van der Waals surface area (Å²) in [6.07, 6.45) is 0.512. The van der Waals surface area contributed by atoms with Gasteiger partial charge in [0.15, 0.2) is 0 Å². The zero-order chi connectivity index (χ0) is 22.1. The summed E-state index contributed by atoms with van der Waals surface area (Å²) in [5.41, 5.74) is 3.52. The van der Waals surface area contributed by atoms with E-state index < -0.39 is 15.9 Å². The molecule has 0 aliphatic carbocycles. The van der Waals surface area contributed by atoms with Gasteiger partial charge in [-0.2, -0.15) is 0 Å². The first-order valence-corrected chi connectivity index (χ1v) is 11.6. The minimum absolute atomic E-state index is 0.0214. The summed E-state index contributed by atoms with van der Waals surface area (Å²) in [5, 5.41) is 17.1. The molecular formula is C19H20ClN3O5S2. The third-order valence-corrected chi connectivity index (χ3v) is 7.24. The third-order valence-electron chi connectivity index (χ3n) is 4.37. The summed E-state index contributed by atoms with van der Waals surface area (Å²) in [5.74, 6) is -0.760. The molecule has 2 aromatic heterocycles. The number of anilines is 2. The number of aryl methyl sites for hydroxylation is 3. The van der Waals surface area contributed by atoms with Gasteiger partial charge in [0.25, 0.3) is 21.8 Å². The second-order valence-electron chi connectivity index (χ2n) is 6.66. The Labute approximate surface area is 182 Å². The highest BCUT2D eigenvalue weighted by molar-refractivity contribution is 7.93. The first-order valence-electron chi connectivity index (χ1n) is 8.88. The zero-order valence-electron chi connectivity index (χ0n) is 16.4. The van der Waals surface area contributed by atoms with Crippen LogP contribution in [0.4, 0.5) is 11.6 Å². The van der Waals surface area contributed by atoms with Gasteiger partial charge in [-0.25, -0.2) is 13.1 Å². The van der Waals surface area contributed by atoms with Crippen LogP contribution in [0, 0.1) is 20.8 Å². The predicted octanol–water partition coefficient (Wildman–Crippen LogP) is 3.90. The van der Waals surface area contributed by atoms with Gasteiger partial charge in [0.2, 0.25) is 0 Å². The molecule has 30 heavy (non-hydrogen) atoms. The molecule has 0 atom stereocenters. The number of aliphatic hydroxyl groups is 1. The SMILES string of the molecule is Cc1cc(CCO)cc(C)c1NC(=O)c1sccc1S(=O)(=O)Nc1onc(C)c1Cl. The lowest BCUT2D eigenvalue weighted by atomic mass is 10.0. The van der Waals surface area contributed by atoms with E-state index in [2.05, 4.69) is 15.2 Å². The van der Waals surface area contributed by atoms with E-state index in [1.54, 1.807) is 6.92 Å². The van der Waals surface area contributed by atoms with Gasteiger partial charge in [0, 0.05) is 12.3 Å². The van der Waals surface area contributed by atoms with Crippen molar-refractivity contribution in [2.45, 2.75) is 32.1 Å². The average Bonchev–Trinajstić information content (AvgIpc) is 3.28. The van der Waals surface area contributed by atoms with Crippen molar-refractivity contribution in [3.8, 4) is 0 Å². The molecule has 11 heteroatoms. The molecular weight excluding hydrogens is 450 g/mol. The molecule has 0 unspecified atom stereocenters. The third kappa shape index (κ3) is 4.51. The number of aliphatic hydroxyl groups excluding tert-OH is 1. The van der Waals surface area contributed by atoms with Crippen molar-refractivity contribution in [2.24, 2.45) is 0 Å². The highest BCUT2D eigenvalue weighted by Crippen LogP contribution is 2.31. The average molecular weight is 470 g/mol. The van der Waals surface area contributed by atoms with E-state index in [0.29, 0.717) is 17.8 Å². The van der Waals surface area contributed by atoms with Crippen molar-refractivity contribution < 1.29 is 22.8 Å². The molecule has 0 saturated heterocycles. The number of aromatic nitrogens is 1. The van der Waals surface area contributed by atoms with Crippen molar-refractivity contribution in [1.29, 1.82) is 0 Å². The van der Waals surface area contributed by atoms with Crippen molar-refractivity contribution in [2.75, 3.05) is 16.6 Å². The number of thiophene rings is 1. The molecule has 3 aromatic rings. The number of carbonyl (C=O) groups excluding carboxylic acids is 1. The lowest BCUT2D eigenvalue weighted by Gasteiger charge is -2.14. The van der Waals surface area contributed by atoms with E-state index in [1.807, 2.05) is 26.0 Å². The van der Waals surface area contributed by atoms with Crippen LogP contribution in [-0.2, 0) is 16.4 Å². The van der Waals surface area contributed by atoms with Crippen molar-refractivity contribution >= 4 is 50.4 Å². The summed E-state index contributed by atoms with van der Waals surface area (Å²) in [7, 11) is -4.13. The van der Waals surface area contributed by atoms with Crippen LogP contribution in [0.1, 0.15) is 32.1 Å². The number of nitrogens with zero attached hydrogens (tertiary/aromatic N) is 1. The van der Waals surface area contributed by atoms with Crippen LogP contribution < -0.4 is 10.0 Å². The normalized spacial score (nSPS) is 11.5. The van der Waals surface area contributed by atoms with Crippen LogP contribution in [0.25, 0.3) is 0 Å². The van der Waals surface area contributed by atoms with E-state index in [9.17, 15) is 13.2 Å². The van der Waals surface area contributed by atoms with Gasteiger partial charge in [0.05, 0.1) is 0 Å². The second kappa shape index (κ2) is 8.76. The first-order chi connectivity index (χ1) is 14.1. The zero-order valence-corrected chi connectivity index (χ0v) is 18.8. The van der Waals surface area contributed by atoms with Crippen LogP contribution in [-0.4, -0.2) is 31.2 Å². The van der Waals surface area contributed by atoms with E-state index in [0.717, 1.165) is 28.0 Å². The van der Waals surface area contributed by atoms with Crippen molar-refractivity contribution in [3.05, 3.63) is 55.9 Å². The highest BCUT2D eigenvalue weighted by atomic mass is 35.5. The van der Waals surface area contributed by atoms with Crippen molar-refractivity contribution in [1.82, 2.24) is 5.16 Å². The number of hydrogen-bond acceptors (Lipinski definition) is 7. The number of hydrogen-bond donors (Lipinski definition) is 3. The Morgan fingerprint density at radius 3 is 2.50 bits per heavy atom. The number of carbonyl (C=O) groups is 1. The minimum atomic E-state index is -4.13. The fourth-order valence-corrected chi connectivity index (χ4v) is 5.46. The lowest BCUT2D eigenvalue weighted by molar-refractivity contribution is 0.102. The topological polar surface area (TPSA) is 122 Å². The van der Waals surface area contributed by atoms with E-state index in [1.165, 1.54) is 11.4 Å². The molecule has 0 saturated carbocycles. The molecule has 1 aromatic carbocycles. The summed E-state index contributed by atoms with van der Waals surface area (Å²) in [4.78, 5) is 12.7. The van der Waals surface area contributed by atoms with Gasteiger partial charge in [0.1, 0.15) is 20.5 Å². The van der Waals surface area contributed by atoms with Crippen LogP contribution in [0.15, 0.2) is 33.0 Å². The van der Waals surface area contributed by atoms with Crippen LogP contribution in [0.3, 0.4) is 0 Å². The highest BCUT2D eigenvalue weighted by Gasteiger charge is 2.27. The smallest absolute Gasteiger partial charge is 0.267 e. The number of sulfonamides is 1. The summed E-state index contributed by atoms with van der Waals surface area (Å²) >= 11 is 6.98. The van der Waals surface area contributed by atoms with Gasteiger partial charge in [-0.05, 0) is 55.3 Å². The number of rotatable bonds is 7. The molecule has 1 amide bonds. The van der Waals surface area contributed by atoms with E-state index in [4.69, 9.17) is 21.2 Å². The Morgan fingerprint density at radius 1 is 1.27 bits per heavy atom. The molecule has 8 nitrogen and oxygen atoms in total. The van der Waals surface area contributed by atoms with Crippen LogP contribution >= 0.6 is 22.9 Å². The molecule has 0 aliphatic heterocycles. The van der Waals surface area contributed by atoms with E-state index >= 15 is 0 Å². The minimum Gasteiger partial charge on any atom is -0.396 e. The number of benzene rings is 1. The lowest BCUT2D eigenvalue weighted by Crippen LogP contribution is -2.19. The van der Waals surface area contributed by atoms with Gasteiger partial charge in [-0.15, -0.1) is 11.3 Å². The van der Waals surface area contributed by atoms with Crippen LogP contribution in [0.2, 0.25) is 5.02 Å². The second-order valence-corrected chi connectivity index (χ2v) is 9.61. The van der Waals surface area contributed by atoms with Gasteiger partial charge in [-0.1, -0.05) is 28.9 Å². The maximum atomic E-state index is 12.9. The fraction of sp³-hybridized carbons (Fsp3) is 0.263. The maximum Gasteiger partial charge on any atom is 0.267 e. The molecule has 0 aliphatic rings. The van der Waals surface area contributed by atoms with Gasteiger partial charge in [-0.3, -0.25) is 4.79 Å². The first kappa shape index (κ1) is 22.3. The molecule has 0 bridgehead atoms. The molecule has 0 spiro atoms. The Hall–Kier alpha value is -2.40. The number of halogens is 1. The Bertz CT molecular complexity index is 1180. The largest absolute Gasteiger partial charge is 0.396 e. The Balaban J connectivity index is 1.88. The summed E-state index contributed by atoms with van der Waals surface area (Å²) < 4.78 is 32.7. The quantitative estimate of drug-likeness (QED) is 0.482. The Morgan fingerprint density at radius 2 is 1.93 bits per heavy atom. The molecule has 160 valence electrons. The fourth-order valence-electron chi connectivity index (χ4n) is 2.97.